The van der Waals surface area contributed by atoms with Crippen molar-refractivity contribution >= 4 is 22.5 Å². The van der Waals surface area contributed by atoms with E-state index < -0.39 is 24.9 Å². The number of anilines is 1. The van der Waals surface area contributed by atoms with Gasteiger partial charge < -0.3 is 29.6 Å². The number of aromatic amines is 1. The molecule has 0 saturated carbocycles. The van der Waals surface area contributed by atoms with Gasteiger partial charge in [-0.15, -0.1) is 0 Å². The van der Waals surface area contributed by atoms with Crippen LogP contribution in [0.1, 0.15) is 22.7 Å². The number of rotatable bonds is 7. The summed E-state index contributed by atoms with van der Waals surface area (Å²) in [4.78, 5) is 21.1. The first-order valence-electron chi connectivity index (χ1n) is 11.7. The second-order valence-electron chi connectivity index (χ2n) is 9.08. The quantitative estimate of drug-likeness (QED) is 0.320. The van der Waals surface area contributed by atoms with Crippen molar-refractivity contribution in [1.29, 1.82) is 0 Å². The van der Waals surface area contributed by atoms with Crippen molar-refractivity contribution in [2.24, 2.45) is 0 Å². The largest absolute Gasteiger partial charge is 0.406 e. The maximum atomic E-state index is 14.6. The second-order valence-corrected chi connectivity index (χ2v) is 9.08. The molecule has 0 bridgehead atoms. The highest BCUT2D eigenvalue weighted by molar-refractivity contribution is 5.96. The maximum absolute atomic E-state index is 14.6. The lowest BCUT2D eigenvalue weighted by Crippen LogP contribution is -2.47. The fourth-order valence-corrected chi connectivity index (χ4v) is 4.52. The van der Waals surface area contributed by atoms with Crippen LogP contribution in [0.25, 0.3) is 22.4 Å². The summed E-state index contributed by atoms with van der Waals surface area (Å²) >= 11 is 0. The zero-order chi connectivity index (χ0) is 26.2. The van der Waals surface area contributed by atoms with Crippen molar-refractivity contribution < 1.29 is 26.9 Å². The smallest absolute Gasteiger partial charge is 0.378 e. The van der Waals surface area contributed by atoms with E-state index in [1.165, 1.54) is 12.3 Å². The molecule has 1 aromatic carbocycles. The first kappa shape index (κ1) is 24.8. The number of amides is 1. The van der Waals surface area contributed by atoms with Gasteiger partial charge >= 0.3 is 6.18 Å². The third-order valence-corrected chi connectivity index (χ3v) is 6.31. The van der Waals surface area contributed by atoms with Crippen LogP contribution in [0.2, 0.25) is 0 Å². The summed E-state index contributed by atoms with van der Waals surface area (Å²) in [6.45, 7) is -0.268. The second kappa shape index (κ2) is 9.88. The first-order chi connectivity index (χ1) is 17.7. The number of hydrogen-bond acceptors (Lipinski definition) is 6. The van der Waals surface area contributed by atoms with Gasteiger partial charge in [0.1, 0.15) is 12.7 Å². The zero-order valence-electron chi connectivity index (χ0n) is 19.8. The molecule has 13 heteroatoms. The molecule has 1 fully saturated rings. The Morgan fingerprint density at radius 3 is 2.89 bits per heavy atom. The Morgan fingerprint density at radius 2 is 2.14 bits per heavy atom. The Morgan fingerprint density at radius 1 is 1.30 bits per heavy atom. The van der Waals surface area contributed by atoms with Crippen molar-refractivity contribution in [3.8, 4) is 11.5 Å². The van der Waals surface area contributed by atoms with Crippen LogP contribution in [-0.2, 0) is 13.1 Å². The number of likely N-dealkylation sites (tertiary alicyclic amines) is 1. The van der Waals surface area contributed by atoms with E-state index in [2.05, 4.69) is 25.8 Å². The molecule has 0 radical (unpaired) electrons. The Bertz CT molecular complexity index is 1380. The van der Waals surface area contributed by atoms with Crippen molar-refractivity contribution in [1.82, 2.24) is 29.9 Å². The van der Waals surface area contributed by atoms with E-state index in [1.807, 2.05) is 11.9 Å². The minimum absolute atomic E-state index is 0.0339. The summed E-state index contributed by atoms with van der Waals surface area (Å²) in [6.07, 6.45) is -2.10. The number of likely N-dealkylation sites (N-methyl/N-ethyl adjacent to an activating group) is 1. The Balaban J connectivity index is 1.46. The normalized spacial score (nSPS) is 18.8. The average molecular weight is 520 g/mol. The van der Waals surface area contributed by atoms with Gasteiger partial charge in [0.25, 0.3) is 5.91 Å². The summed E-state index contributed by atoms with van der Waals surface area (Å²) in [5.41, 5.74) is 1.31. The summed E-state index contributed by atoms with van der Waals surface area (Å²) in [6, 6.07) is 7.53. The molecule has 0 spiro atoms. The number of fused-ring (bicyclic) bond motifs is 1. The number of nitrogens with zero attached hydrogens (tertiary/aromatic N) is 4. The maximum Gasteiger partial charge on any atom is 0.406 e. The topological polar surface area (TPSA) is 104 Å². The molecule has 9 nitrogen and oxygen atoms in total. The number of halogens is 4. The Kier molecular flexibility index (Phi) is 6.63. The van der Waals surface area contributed by atoms with Gasteiger partial charge in [-0.2, -0.15) is 18.2 Å². The van der Waals surface area contributed by atoms with E-state index in [0.29, 0.717) is 41.7 Å². The van der Waals surface area contributed by atoms with Gasteiger partial charge in [-0.3, -0.25) is 4.79 Å². The molecule has 5 rings (SSSR count). The number of H-pyrrole nitrogens is 1. The van der Waals surface area contributed by atoms with Crippen LogP contribution in [0.4, 0.5) is 23.2 Å². The van der Waals surface area contributed by atoms with Gasteiger partial charge in [0.05, 0.1) is 29.4 Å². The highest BCUT2D eigenvalue weighted by atomic mass is 19.4. The predicted molar refractivity (Wildman–Crippen MR) is 128 cm³/mol. The number of carbonyl (C=O) groups is 1. The van der Waals surface area contributed by atoms with Gasteiger partial charge in [-0.1, -0.05) is 11.2 Å². The third-order valence-electron chi connectivity index (χ3n) is 6.31. The Hall–Kier alpha value is -3.87. The molecule has 196 valence electrons. The fraction of sp³-hybridized carbons (Fsp3) is 0.375. The molecule has 0 unspecified atom stereocenters. The van der Waals surface area contributed by atoms with Gasteiger partial charge in [-0.05, 0) is 37.7 Å². The van der Waals surface area contributed by atoms with E-state index in [0.717, 1.165) is 4.57 Å². The number of aromatic nitrogens is 4. The third kappa shape index (κ3) is 5.45. The van der Waals surface area contributed by atoms with E-state index in [9.17, 15) is 22.4 Å². The highest BCUT2D eigenvalue weighted by Crippen LogP contribution is 2.35. The molecule has 37 heavy (non-hydrogen) atoms. The van der Waals surface area contributed by atoms with Crippen molar-refractivity contribution in [3.63, 3.8) is 0 Å². The van der Waals surface area contributed by atoms with Crippen molar-refractivity contribution in [2.45, 2.75) is 37.9 Å². The summed E-state index contributed by atoms with van der Waals surface area (Å²) in [5.74, 6) is -0.396. The van der Waals surface area contributed by atoms with Gasteiger partial charge in [0.2, 0.25) is 11.7 Å². The van der Waals surface area contributed by atoms with E-state index in [4.69, 9.17) is 4.52 Å². The molecular formula is C24H25F4N7O2. The lowest BCUT2D eigenvalue weighted by molar-refractivity contribution is -0.139. The summed E-state index contributed by atoms with van der Waals surface area (Å²) in [7, 11) is 1.90. The molecule has 4 aromatic rings. The molecule has 2 atom stereocenters. The van der Waals surface area contributed by atoms with Crippen LogP contribution >= 0.6 is 0 Å². The van der Waals surface area contributed by atoms with Crippen LogP contribution in [-0.4, -0.2) is 69.0 Å². The van der Waals surface area contributed by atoms with Crippen molar-refractivity contribution in [2.75, 3.05) is 25.5 Å². The molecule has 1 saturated heterocycles. The number of nitrogens with one attached hydrogen (secondary N) is 3. The molecule has 0 aliphatic carbocycles. The summed E-state index contributed by atoms with van der Waals surface area (Å²) < 4.78 is 61.5. The molecule has 4 heterocycles. The minimum atomic E-state index is -4.52. The zero-order valence-corrected chi connectivity index (χ0v) is 19.8. The molecule has 3 N–H and O–H groups in total. The predicted octanol–water partition coefficient (Wildman–Crippen LogP) is 3.97. The van der Waals surface area contributed by atoms with Crippen LogP contribution in [0, 0.1) is 0 Å². The Labute approximate surface area is 208 Å². The monoisotopic (exact) mass is 519 g/mol. The molecule has 1 aliphatic rings. The standard InChI is InChI=1S/C24H25F4N7O2/c1-34-8-6-16(25)18(12-34)31-17-3-2-4-19-15(17)9-20(35(19)13-24(26,27)28)22-32-21(37-33-22)11-30-23(36)14-5-7-29-10-14/h2-5,7,9-10,16,18,29,31H,6,8,11-13H2,1H3,(H,30,36)/t16-,18+/m0/s1. The number of carbonyl (C=O) groups excluding carboxylic acids is 1. The summed E-state index contributed by atoms with van der Waals surface area (Å²) in [5, 5.41) is 10.1. The number of hydrogen-bond donors (Lipinski definition) is 3. The molecular weight excluding hydrogens is 494 g/mol. The van der Waals surface area contributed by atoms with E-state index in [1.54, 1.807) is 30.5 Å². The minimum Gasteiger partial charge on any atom is -0.378 e. The van der Waals surface area contributed by atoms with Gasteiger partial charge in [0, 0.05) is 36.6 Å². The lowest BCUT2D eigenvalue weighted by atomic mass is 10.0. The van der Waals surface area contributed by atoms with E-state index >= 15 is 0 Å². The van der Waals surface area contributed by atoms with Gasteiger partial charge in [0.15, 0.2) is 0 Å². The average Bonchev–Trinajstić information content (AvgIpc) is 3.60. The molecule has 3 aromatic heterocycles. The van der Waals surface area contributed by atoms with Crippen LogP contribution < -0.4 is 10.6 Å². The number of piperidine rings is 1. The van der Waals surface area contributed by atoms with Crippen molar-refractivity contribution in [3.05, 3.63) is 54.2 Å². The molecule has 1 amide bonds. The first-order valence-corrected chi connectivity index (χ1v) is 11.7. The lowest BCUT2D eigenvalue weighted by Gasteiger charge is -2.33. The highest BCUT2D eigenvalue weighted by Gasteiger charge is 2.32. The fourth-order valence-electron chi connectivity index (χ4n) is 4.52. The SMILES string of the molecule is CN1CC[C@H](F)[C@H](Nc2cccc3c2cc(-c2noc(CNC(=O)c4cc[nH]c4)n2)n3CC(F)(F)F)C1. The van der Waals surface area contributed by atoms with E-state index in [-0.39, 0.29) is 29.9 Å². The van der Waals surface area contributed by atoms with Crippen LogP contribution in [0.15, 0.2) is 47.2 Å². The van der Waals surface area contributed by atoms with Crippen LogP contribution in [0.5, 0.6) is 0 Å². The number of benzene rings is 1. The number of alkyl halides is 4. The van der Waals surface area contributed by atoms with Crippen LogP contribution in [0.3, 0.4) is 0 Å². The van der Waals surface area contributed by atoms with Gasteiger partial charge in [-0.25, -0.2) is 4.39 Å². The molecule has 1 aliphatic heterocycles.